The zero-order valence-corrected chi connectivity index (χ0v) is 70.6. The van der Waals surface area contributed by atoms with Crippen LogP contribution in [0, 0.1) is 13.8 Å². The lowest BCUT2D eigenvalue weighted by molar-refractivity contribution is 0.0228. The zero-order valence-electron chi connectivity index (χ0n) is 69.1. The molecule has 622 valence electrons. The standard InChI is InChI=1S/C43H51ClN8O3.C39H41ClN6O4.C9H18N2O2/c1-4-39-36(40(49-34-11-17-55-18-12-34)37-26-48-52(5-2)41(37)50-39)25-47-43(54)33-20-28(3)19-32(23-33)42(53)46-24-29-9-10-38(44)35(22-29)31-8-6-7-30(21-31)27-51-15-13-45-14-16-51;1-4-35-32(36(44-30-11-13-50-14-12-30)33-22-43-46(5-2)37(33)45-35)21-42-39(49)29-16-24(3)15-28(19-29)38(48)41-20-25-9-10-34(40)31(18-25)27-8-6-7-26(17-27)23-47;1-9(2,3)13-8(12)11-6-4-10-5-7-11/h6-10,19-23,26,34,45H,4-5,11-18,24-25,27H2,1-3H3,(H,46,53)(H,47,54)(H,49,50);6-10,15-19,22-23,30H,4-5,11-14,20-21H2,1-3H3,(H,41,48)(H,42,49)(H,44,45);10H,4-7H2,1-3H3. The summed E-state index contributed by atoms with van der Waals surface area (Å²) in [6, 6.07) is 38.0. The molecule has 4 saturated heterocycles. The van der Waals surface area contributed by atoms with E-state index in [-0.39, 0.29) is 67.0 Å². The molecule has 10 aromatic rings. The van der Waals surface area contributed by atoms with Gasteiger partial charge in [0.25, 0.3) is 23.6 Å². The summed E-state index contributed by atoms with van der Waals surface area (Å²) in [7, 11) is 0. The Labute approximate surface area is 700 Å². The second-order valence-electron chi connectivity index (χ2n) is 31.2. The lowest BCUT2D eigenvalue weighted by Gasteiger charge is -2.30. The molecule has 0 atom stereocenters. The van der Waals surface area contributed by atoms with Crippen LogP contribution in [0.2, 0.25) is 10.0 Å². The van der Waals surface area contributed by atoms with Crippen LogP contribution in [0.5, 0.6) is 0 Å². The number of anilines is 2. The number of aromatic nitrogens is 6. The molecule has 0 unspecified atom stereocenters. The van der Waals surface area contributed by atoms with Gasteiger partial charge in [-0.25, -0.2) is 24.1 Å². The fourth-order valence-corrected chi connectivity index (χ4v) is 15.6. The summed E-state index contributed by atoms with van der Waals surface area (Å²) >= 11 is 13.2. The molecule has 0 aliphatic carbocycles. The van der Waals surface area contributed by atoms with Crippen molar-refractivity contribution in [3.63, 3.8) is 0 Å². The molecule has 8 heterocycles. The number of nitrogens with zero attached hydrogens (tertiary/aromatic N) is 8. The number of fused-ring (bicyclic) bond motifs is 2. The Hall–Kier alpha value is -10.6. The smallest absolute Gasteiger partial charge is 0.410 e. The van der Waals surface area contributed by atoms with E-state index in [2.05, 4.69) is 103 Å². The maximum absolute atomic E-state index is 13.7. The van der Waals surface area contributed by atoms with E-state index in [1.54, 1.807) is 59.5 Å². The molecule has 0 saturated carbocycles. The lowest BCUT2D eigenvalue weighted by atomic mass is 10.0. The summed E-state index contributed by atoms with van der Waals surface area (Å²) in [6.45, 7) is 31.2. The molecule has 8 N–H and O–H groups in total. The first-order valence-electron chi connectivity index (χ1n) is 41.2. The van der Waals surface area contributed by atoms with Gasteiger partial charge in [-0.05, 0) is 199 Å². The molecule has 4 aromatic heterocycles. The summed E-state index contributed by atoms with van der Waals surface area (Å²) in [5.74, 6) is -1.11. The van der Waals surface area contributed by atoms with Crippen LogP contribution in [0.25, 0.3) is 44.3 Å². The fraction of sp³-hybridized carbons (Fsp3) is 0.407. The van der Waals surface area contributed by atoms with E-state index >= 15 is 0 Å². The number of hydrogen-bond acceptors (Lipinski definition) is 18. The number of carbonyl (C=O) groups is 6. The molecular weight excluding hydrogens is 1530 g/mol. The van der Waals surface area contributed by atoms with Gasteiger partial charge in [-0.3, -0.25) is 28.9 Å². The zero-order chi connectivity index (χ0) is 83.4. The number of piperazine rings is 2. The van der Waals surface area contributed by atoms with Crippen molar-refractivity contribution in [1.29, 1.82) is 0 Å². The Balaban J connectivity index is 0.000000189. The van der Waals surface area contributed by atoms with Crippen molar-refractivity contribution in [1.82, 2.24) is 71.2 Å². The Morgan fingerprint density at radius 2 is 0.949 bits per heavy atom. The van der Waals surface area contributed by atoms with E-state index in [4.69, 9.17) is 47.4 Å². The van der Waals surface area contributed by atoms with Gasteiger partial charge in [0.05, 0.1) is 34.5 Å². The summed E-state index contributed by atoms with van der Waals surface area (Å²) in [4.78, 5) is 91.2. The second kappa shape index (κ2) is 41.2. The third kappa shape index (κ3) is 22.8. The van der Waals surface area contributed by atoms with Gasteiger partial charge >= 0.3 is 6.09 Å². The summed E-state index contributed by atoms with van der Waals surface area (Å²) in [6.07, 6.45) is 9.27. The summed E-state index contributed by atoms with van der Waals surface area (Å²) in [5, 5.41) is 38.6. The number of pyridine rings is 2. The SMILES string of the molecule is CC(C)(C)OC(=O)N1CCNCC1.CCc1nc2c(cnn2CC)c(NC2CCOCC2)c1CNC(=O)c1cc(C)cc(C(=O)NCc2ccc(Cl)c(-c3cccc(C=O)c3)c2)c1.CCc1nc2c(cnn2CC)c(NC2CCOCC2)c1CNC(=O)c1cc(C)cc(C(=O)NCc2ccc(Cl)c(-c3cccc(CN4CCNCC4)c3)c2)c1. The number of nitrogens with one attached hydrogen (secondary N) is 8. The molecule has 118 heavy (non-hydrogen) atoms. The third-order valence-corrected chi connectivity index (χ3v) is 22.0. The molecule has 6 aromatic carbocycles. The first-order chi connectivity index (χ1) is 57.0. The maximum Gasteiger partial charge on any atom is 0.410 e. The molecule has 4 aliphatic rings. The van der Waals surface area contributed by atoms with Crippen molar-refractivity contribution < 1.29 is 43.0 Å². The van der Waals surface area contributed by atoms with E-state index in [1.165, 1.54) is 5.56 Å². The van der Waals surface area contributed by atoms with E-state index in [9.17, 15) is 28.8 Å². The minimum atomic E-state index is -0.387. The van der Waals surface area contributed by atoms with Crippen molar-refractivity contribution in [3.8, 4) is 22.3 Å². The summed E-state index contributed by atoms with van der Waals surface area (Å²) < 4.78 is 20.2. The van der Waals surface area contributed by atoms with E-state index in [0.717, 1.165) is 191 Å². The molecule has 0 radical (unpaired) electrons. The highest BCUT2D eigenvalue weighted by molar-refractivity contribution is 6.33. The van der Waals surface area contributed by atoms with Crippen LogP contribution in [0.1, 0.15) is 176 Å². The molecule has 4 fully saturated rings. The largest absolute Gasteiger partial charge is 0.444 e. The fourth-order valence-electron chi connectivity index (χ4n) is 15.1. The first-order valence-corrected chi connectivity index (χ1v) is 41.9. The quantitative estimate of drug-likeness (QED) is 0.0247. The Morgan fingerprint density at radius 3 is 1.37 bits per heavy atom. The van der Waals surface area contributed by atoms with Gasteiger partial charge in [-0.1, -0.05) is 85.6 Å². The van der Waals surface area contributed by atoms with Crippen LogP contribution >= 0.6 is 23.2 Å². The minimum Gasteiger partial charge on any atom is -0.444 e. The number of ether oxygens (including phenoxy) is 3. The highest BCUT2D eigenvalue weighted by Crippen LogP contribution is 2.36. The van der Waals surface area contributed by atoms with Gasteiger partial charge in [-0.2, -0.15) is 10.2 Å². The van der Waals surface area contributed by atoms with Crippen molar-refractivity contribution >= 4 is 92.7 Å². The molecule has 14 rings (SSSR count). The van der Waals surface area contributed by atoms with Crippen molar-refractivity contribution in [2.45, 2.75) is 164 Å². The molecular formula is C91H110Cl2N16O9. The molecule has 4 aliphatic heterocycles. The Morgan fingerprint density at radius 1 is 0.525 bits per heavy atom. The predicted molar refractivity (Wildman–Crippen MR) is 465 cm³/mol. The average Bonchev–Trinajstić information content (AvgIpc) is 1.62. The van der Waals surface area contributed by atoms with Crippen LogP contribution in [-0.4, -0.2) is 172 Å². The van der Waals surface area contributed by atoms with E-state index in [1.807, 2.05) is 106 Å². The lowest BCUT2D eigenvalue weighted by Crippen LogP contribution is -2.48. The maximum atomic E-state index is 13.7. The van der Waals surface area contributed by atoms with Gasteiger partial charge in [0.1, 0.15) is 11.9 Å². The summed E-state index contributed by atoms with van der Waals surface area (Å²) in [5.41, 5.74) is 17.2. The average molecular weight is 1640 g/mol. The van der Waals surface area contributed by atoms with Crippen LogP contribution in [0.15, 0.2) is 134 Å². The first kappa shape index (κ1) is 86.7. The van der Waals surface area contributed by atoms with Crippen LogP contribution in [0.3, 0.4) is 0 Å². The minimum absolute atomic E-state index is 0.200. The molecule has 27 heteroatoms. The van der Waals surface area contributed by atoms with Crippen LogP contribution in [-0.2, 0) is 72.9 Å². The highest BCUT2D eigenvalue weighted by Gasteiger charge is 2.28. The number of carbonyl (C=O) groups excluding carboxylic acids is 6. The third-order valence-electron chi connectivity index (χ3n) is 21.3. The number of aldehydes is 1. The number of benzene rings is 6. The van der Waals surface area contributed by atoms with Gasteiger partial charge in [0, 0.05) is 208 Å². The van der Waals surface area contributed by atoms with Crippen molar-refractivity contribution in [2.24, 2.45) is 0 Å². The Kier molecular flexibility index (Phi) is 30.2. The van der Waals surface area contributed by atoms with Crippen molar-refractivity contribution in [2.75, 3.05) is 89.4 Å². The monoisotopic (exact) mass is 1640 g/mol. The Bertz CT molecular complexity index is 5210. The van der Waals surface area contributed by atoms with Gasteiger partial charge < -0.3 is 61.6 Å². The number of halogens is 2. The predicted octanol–water partition coefficient (Wildman–Crippen LogP) is 14.2. The topological polar surface area (TPSA) is 294 Å². The number of amides is 5. The van der Waals surface area contributed by atoms with Gasteiger partial charge in [0.15, 0.2) is 11.3 Å². The molecule has 0 spiro atoms. The molecule has 25 nitrogen and oxygen atoms in total. The highest BCUT2D eigenvalue weighted by atomic mass is 35.5. The molecule has 5 amide bonds. The van der Waals surface area contributed by atoms with Crippen molar-refractivity contribution in [3.05, 3.63) is 222 Å². The van der Waals surface area contributed by atoms with E-state index in [0.29, 0.717) is 96.8 Å². The van der Waals surface area contributed by atoms with E-state index < -0.39 is 0 Å². The number of aryl methyl sites for hydroxylation is 6. The number of hydrogen-bond donors (Lipinski definition) is 8. The van der Waals surface area contributed by atoms with Crippen LogP contribution in [0.4, 0.5) is 16.2 Å². The second-order valence-corrected chi connectivity index (χ2v) is 32.0. The van der Waals surface area contributed by atoms with Gasteiger partial charge in [0.2, 0.25) is 0 Å². The number of rotatable bonds is 25. The molecule has 0 bridgehead atoms. The van der Waals surface area contributed by atoms with Gasteiger partial charge in [-0.15, -0.1) is 0 Å². The normalized spacial score (nSPS) is 14.8. The van der Waals surface area contributed by atoms with Crippen LogP contribution < -0.4 is 42.5 Å².